The van der Waals surface area contributed by atoms with Crippen LogP contribution < -0.4 is 0 Å². The molecule has 0 bridgehead atoms. The van der Waals surface area contributed by atoms with Crippen LogP contribution in [0.25, 0.3) is 0 Å². The molecule has 3 rings (SSSR count). The van der Waals surface area contributed by atoms with Gasteiger partial charge in [-0.1, -0.05) is 0 Å². The van der Waals surface area contributed by atoms with Crippen molar-refractivity contribution < 1.29 is 18.3 Å². The van der Waals surface area contributed by atoms with E-state index in [0.717, 1.165) is 19.4 Å². The molecule has 3 fully saturated rings. The van der Waals surface area contributed by atoms with Crippen molar-refractivity contribution in [1.29, 1.82) is 0 Å². The number of rotatable bonds is 4. The number of carbonyl (C=O) groups is 1. The van der Waals surface area contributed by atoms with E-state index in [0.29, 0.717) is 31.8 Å². The van der Waals surface area contributed by atoms with E-state index in [2.05, 4.69) is 0 Å². The van der Waals surface area contributed by atoms with Gasteiger partial charge in [-0.15, -0.1) is 0 Å². The number of hydrogen-bond acceptors (Lipinski definition) is 2. The minimum Gasteiger partial charge on any atom is -0.376 e. The van der Waals surface area contributed by atoms with Crippen LogP contribution in [-0.2, 0) is 9.53 Å². The third-order valence-electron chi connectivity index (χ3n) is 4.94. The predicted octanol–water partition coefficient (Wildman–Crippen LogP) is 3.23. The zero-order valence-electron chi connectivity index (χ0n) is 12.5. The lowest BCUT2D eigenvalue weighted by molar-refractivity contribution is -0.146. The van der Waals surface area contributed by atoms with Crippen molar-refractivity contribution >= 4 is 5.91 Å². The van der Waals surface area contributed by atoms with Crippen molar-refractivity contribution in [2.75, 3.05) is 19.7 Å². The van der Waals surface area contributed by atoms with Gasteiger partial charge >= 0.3 is 0 Å². The fourth-order valence-electron chi connectivity index (χ4n) is 3.47. The zero-order valence-corrected chi connectivity index (χ0v) is 12.5. The first-order chi connectivity index (χ1) is 10.0. The number of hydrogen-bond donors (Lipinski definition) is 0. The highest BCUT2D eigenvalue weighted by Gasteiger charge is 2.41. The molecule has 3 aliphatic rings. The summed E-state index contributed by atoms with van der Waals surface area (Å²) in [5.41, 5.74) is 0. The van der Waals surface area contributed by atoms with Gasteiger partial charge in [-0.25, -0.2) is 8.78 Å². The second-order valence-electron chi connectivity index (χ2n) is 6.97. The number of piperidine rings is 1. The Morgan fingerprint density at radius 3 is 2.71 bits per heavy atom. The molecule has 0 N–H and O–H groups in total. The summed E-state index contributed by atoms with van der Waals surface area (Å²) in [5, 5.41) is 0. The van der Waals surface area contributed by atoms with Crippen LogP contribution in [0.2, 0.25) is 0 Å². The summed E-state index contributed by atoms with van der Waals surface area (Å²) >= 11 is 0. The number of likely N-dealkylation sites (tertiary alicyclic amines) is 1. The molecule has 1 saturated heterocycles. The van der Waals surface area contributed by atoms with Gasteiger partial charge in [0.15, 0.2) is 0 Å². The van der Waals surface area contributed by atoms with Gasteiger partial charge in [-0.3, -0.25) is 4.79 Å². The molecule has 1 aliphatic heterocycles. The minimum absolute atomic E-state index is 0.0656. The van der Waals surface area contributed by atoms with Gasteiger partial charge < -0.3 is 9.64 Å². The number of ether oxygens (including phenoxy) is 1. The molecular formula is C16H25F2NO2. The van der Waals surface area contributed by atoms with Gasteiger partial charge in [0.05, 0.1) is 6.10 Å². The van der Waals surface area contributed by atoms with Crippen molar-refractivity contribution in [3.63, 3.8) is 0 Å². The Morgan fingerprint density at radius 1 is 1.19 bits per heavy atom. The summed E-state index contributed by atoms with van der Waals surface area (Å²) in [6.07, 6.45) is 5.25. The fourth-order valence-corrected chi connectivity index (χ4v) is 3.47. The van der Waals surface area contributed by atoms with Crippen LogP contribution in [0.1, 0.15) is 51.4 Å². The van der Waals surface area contributed by atoms with Crippen LogP contribution in [0.15, 0.2) is 0 Å². The van der Waals surface area contributed by atoms with Gasteiger partial charge in [0.1, 0.15) is 0 Å². The lowest BCUT2D eigenvalue weighted by atomic mass is 9.85. The number of halogens is 2. The van der Waals surface area contributed by atoms with Crippen LogP contribution in [0.5, 0.6) is 0 Å². The first-order valence-corrected chi connectivity index (χ1v) is 8.32. The van der Waals surface area contributed by atoms with E-state index in [1.807, 2.05) is 0 Å². The summed E-state index contributed by atoms with van der Waals surface area (Å²) in [7, 11) is 0. The molecule has 0 aromatic heterocycles. The Kier molecular flexibility index (Phi) is 4.48. The Hall–Kier alpha value is -0.710. The van der Waals surface area contributed by atoms with Crippen molar-refractivity contribution in [2.24, 2.45) is 11.8 Å². The van der Waals surface area contributed by atoms with Crippen LogP contribution >= 0.6 is 0 Å². The highest BCUT2D eigenvalue weighted by molar-refractivity contribution is 5.79. The Morgan fingerprint density at radius 2 is 2.00 bits per heavy atom. The maximum absolute atomic E-state index is 13.5. The van der Waals surface area contributed by atoms with Crippen molar-refractivity contribution in [3.05, 3.63) is 0 Å². The molecule has 2 aliphatic carbocycles. The zero-order chi connectivity index (χ0) is 14.9. The number of amides is 1. The molecule has 0 aromatic carbocycles. The summed E-state index contributed by atoms with van der Waals surface area (Å²) in [6.45, 7) is 2.09. The van der Waals surface area contributed by atoms with Gasteiger partial charge in [-0.05, 0) is 44.4 Å². The fraction of sp³-hybridized carbons (Fsp3) is 0.938. The largest absolute Gasteiger partial charge is 0.376 e. The van der Waals surface area contributed by atoms with Crippen LogP contribution in [0, 0.1) is 11.8 Å². The lowest BCUT2D eigenvalue weighted by Crippen LogP contribution is -2.47. The van der Waals surface area contributed by atoms with Crippen LogP contribution in [-0.4, -0.2) is 42.5 Å². The molecule has 1 amide bonds. The molecule has 2 saturated carbocycles. The Balaban J connectivity index is 1.51. The summed E-state index contributed by atoms with van der Waals surface area (Å²) in [5.74, 6) is -2.51. The van der Waals surface area contributed by atoms with Gasteiger partial charge in [0, 0.05) is 38.5 Å². The number of alkyl halides is 2. The van der Waals surface area contributed by atoms with Crippen molar-refractivity contribution in [2.45, 2.75) is 63.4 Å². The molecule has 3 nitrogen and oxygen atoms in total. The maximum atomic E-state index is 13.5. The minimum atomic E-state index is -2.66. The third kappa shape index (κ3) is 4.15. The molecular weight excluding hydrogens is 276 g/mol. The summed E-state index contributed by atoms with van der Waals surface area (Å²) in [4.78, 5) is 14.2. The van der Waals surface area contributed by atoms with E-state index < -0.39 is 11.8 Å². The average Bonchev–Trinajstić information content (AvgIpc) is 3.28. The van der Waals surface area contributed by atoms with Gasteiger partial charge in [0.25, 0.3) is 0 Å². The number of nitrogens with zero attached hydrogens (tertiary/aromatic N) is 1. The first-order valence-electron chi connectivity index (χ1n) is 8.32. The van der Waals surface area contributed by atoms with Crippen LogP contribution in [0.3, 0.4) is 0 Å². The first kappa shape index (κ1) is 15.2. The third-order valence-corrected chi connectivity index (χ3v) is 4.94. The van der Waals surface area contributed by atoms with Gasteiger partial charge in [-0.2, -0.15) is 0 Å². The van der Waals surface area contributed by atoms with E-state index >= 15 is 0 Å². The standard InChI is InChI=1S/C16H25F2NO2/c17-16(18)7-1-3-13(9-16)15(20)19-8-2-4-14(10-19)21-11-12-5-6-12/h12-14H,1-11H2/t13-,14-/m0/s1. The van der Waals surface area contributed by atoms with E-state index in [-0.39, 0.29) is 24.9 Å². The van der Waals surface area contributed by atoms with E-state index in [9.17, 15) is 13.6 Å². The Bertz CT molecular complexity index is 384. The molecule has 21 heavy (non-hydrogen) atoms. The van der Waals surface area contributed by atoms with Crippen molar-refractivity contribution in [1.82, 2.24) is 4.90 Å². The smallest absolute Gasteiger partial charge is 0.248 e. The van der Waals surface area contributed by atoms with Crippen LogP contribution in [0.4, 0.5) is 8.78 Å². The molecule has 0 radical (unpaired) electrons. The molecule has 0 aromatic rings. The van der Waals surface area contributed by atoms with Crippen molar-refractivity contribution in [3.8, 4) is 0 Å². The summed E-state index contributed by atoms with van der Waals surface area (Å²) < 4.78 is 32.8. The lowest BCUT2D eigenvalue weighted by Gasteiger charge is -2.37. The van der Waals surface area contributed by atoms with E-state index in [1.54, 1.807) is 4.90 Å². The maximum Gasteiger partial charge on any atom is 0.248 e. The molecule has 2 atom stereocenters. The highest BCUT2D eigenvalue weighted by Crippen LogP contribution is 2.38. The molecule has 1 heterocycles. The topological polar surface area (TPSA) is 29.5 Å². The Labute approximate surface area is 125 Å². The average molecular weight is 301 g/mol. The second-order valence-corrected chi connectivity index (χ2v) is 6.97. The second kappa shape index (κ2) is 6.19. The SMILES string of the molecule is O=C([C@H]1CCCC(F)(F)C1)N1CCC[C@H](OCC2CC2)C1. The molecule has 120 valence electrons. The summed E-state index contributed by atoms with van der Waals surface area (Å²) in [6, 6.07) is 0. The molecule has 0 spiro atoms. The van der Waals surface area contributed by atoms with E-state index in [4.69, 9.17) is 4.74 Å². The molecule has 5 heteroatoms. The monoisotopic (exact) mass is 301 g/mol. The highest BCUT2D eigenvalue weighted by atomic mass is 19.3. The number of carbonyl (C=O) groups excluding carboxylic acids is 1. The van der Waals surface area contributed by atoms with Gasteiger partial charge in [0.2, 0.25) is 11.8 Å². The normalized spacial score (nSPS) is 33.0. The molecule has 0 unspecified atom stereocenters. The quantitative estimate of drug-likeness (QED) is 0.798. The predicted molar refractivity (Wildman–Crippen MR) is 75.2 cm³/mol. The van der Waals surface area contributed by atoms with E-state index in [1.165, 1.54) is 12.8 Å².